The average molecular weight is 216 g/mol. The third kappa shape index (κ3) is 2.46. The zero-order valence-corrected chi connectivity index (χ0v) is 9.43. The number of hydrogen-bond donors (Lipinski definition) is 1. The van der Waals surface area contributed by atoms with E-state index in [1.807, 2.05) is 31.3 Å². The van der Waals surface area contributed by atoms with Gasteiger partial charge in [-0.05, 0) is 25.6 Å². The molecule has 84 valence electrons. The van der Waals surface area contributed by atoms with Crippen molar-refractivity contribution in [1.29, 1.82) is 0 Å². The molecule has 0 fully saturated rings. The first-order valence-electron chi connectivity index (χ1n) is 5.42. The minimum atomic E-state index is 0.623. The van der Waals surface area contributed by atoms with E-state index >= 15 is 0 Å². The van der Waals surface area contributed by atoms with E-state index in [1.54, 1.807) is 6.20 Å². The van der Waals surface area contributed by atoms with Crippen LogP contribution >= 0.6 is 0 Å². The lowest BCUT2D eigenvalue weighted by Gasteiger charge is -2.07. The lowest BCUT2D eigenvalue weighted by Crippen LogP contribution is -2.11. The van der Waals surface area contributed by atoms with E-state index < -0.39 is 0 Å². The van der Waals surface area contributed by atoms with Gasteiger partial charge in [-0.1, -0.05) is 6.07 Å². The Balaban J connectivity index is 2.17. The van der Waals surface area contributed by atoms with Crippen molar-refractivity contribution in [2.24, 2.45) is 5.73 Å². The van der Waals surface area contributed by atoms with Crippen molar-refractivity contribution in [2.45, 2.75) is 19.9 Å². The molecule has 2 aromatic heterocycles. The van der Waals surface area contributed by atoms with Crippen molar-refractivity contribution in [1.82, 2.24) is 14.5 Å². The highest BCUT2D eigenvalue weighted by molar-refractivity contribution is 5.11. The molecular weight excluding hydrogens is 200 g/mol. The van der Waals surface area contributed by atoms with Gasteiger partial charge in [-0.15, -0.1) is 0 Å². The van der Waals surface area contributed by atoms with Gasteiger partial charge < -0.3 is 10.3 Å². The van der Waals surface area contributed by atoms with E-state index in [0.717, 1.165) is 30.2 Å². The second-order valence-corrected chi connectivity index (χ2v) is 3.78. The normalized spacial score (nSPS) is 10.6. The lowest BCUT2D eigenvalue weighted by atomic mass is 10.3. The number of pyridine rings is 1. The van der Waals surface area contributed by atoms with Gasteiger partial charge in [0.2, 0.25) is 0 Å². The van der Waals surface area contributed by atoms with Crippen molar-refractivity contribution >= 4 is 0 Å². The van der Waals surface area contributed by atoms with E-state index in [0.29, 0.717) is 6.54 Å². The van der Waals surface area contributed by atoms with Gasteiger partial charge in [0.25, 0.3) is 0 Å². The van der Waals surface area contributed by atoms with Crippen LogP contribution in [0, 0.1) is 6.92 Å². The van der Waals surface area contributed by atoms with Crippen molar-refractivity contribution in [3.05, 3.63) is 47.8 Å². The summed E-state index contributed by atoms with van der Waals surface area (Å²) >= 11 is 0. The maximum atomic E-state index is 5.54. The molecule has 0 spiro atoms. The second-order valence-electron chi connectivity index (χ2n) is 3.78. The Morgan fingerprint density at radius 2 is 2.25 bits per heavy atom. The molecule has 16 heavy (non-hydrogen) atoms. The number of nitrogens with two attached hydrogens (primary N) is 1. The predicted molar refractivity (Wildman–Crippen MR) is 63.1 cm³/mol. The van der Waals surface area contributed by atoms with Crippen LogP contribution in [0.4, 0.5) is 0 Å². The average Bonchev–Trinajstić information content (AvgIpc) is 2.66. The van der Waals surface area contributed by atoms with Gasteiger partial charge in [0, 0.05) is 24.5 Å². The monoisotopic (exact) mass is 216 g/mol. The zero-order valence-electron chi connectivity index (χ0n) is 9.43. The molecule has 4 heteroatoms. The molecule has 0 aliphatic rings. The summed E-state index contributed by atoms with van der Waals surface area (Å²) in [6.07, 6.45) is 4.58. The van der Waals surface area contributed by atoms with Gasteiger partial charge in [0.1, 0.15) is 5.82 Å². The summed E-state index contributed by atoms with van der Waals surface area (Å²) in [6, 6.07) is 6.05. The van der Waals surface area contributed by atoms with Crippen molar-refractivity contribution in [3.8, 4) is 0 Å². The summed E-state index contributed by atoms with van der Waals surface area (Å²) in [5.74, 6) is 1.02. The van der Waals surface area contributed by atoms with Gasteiger partial charge in [0.15, 0.2) is 0 Å². The van der Waals surface area contributed by atoms with E-state index in [2.05, 4.69) is 14.5 Å². The van der Waals surface area contributed by atoms with Crippen LogP contribution in [-0.4, -0.2) is 21.1 Å². The third-order valence-electron chi connectivity index (χ3n) is 2.45. The SMILES string of the molecule is Cc1cccc(Cn2ccnc2CCN)n1. The maximum Gasteiger partial charge on any atom is 0.110 e. The van der Waals surface area contributed by atoms with Crippen LogP contribution in [0.1, 0.15) is 17.2 Å². The summed E-state index contributed by atoms with van der Waals surface area (Å²) in [6.45, 7) is 3.38. The molecule has 2 heterocycles. The summed E-state index contributed by atoms with van der Waals surface area (Å²) in [5.41, 5.74) is 7.63. The van der Waals surface area contributed by atoms with Gasteiger partial charge in [-0.25, -0.2) is 4.98 Å². The van der Waals surface area contributed by atoms with E-state index in [-0.39, 0.29) is 0 Å². The smallest absolute Gasteiger partial charge is 0.110 e. The summed E-state index contributed by atoms with van der Waals surface area (Å²) < 4.78 is 2.09. The molecule has 0 unspecified atom stereocenters. The van der Waals surface area contributed by atoms with Crippen molar-refractivity contribution in [2.75, 3.05) is 6.54 Å². The molecule has 2 aromatic rings. The largest absolute Gasteiger partial charge is 0.330 e. The molecule has 0 saturated carbocycles. The Labute approximate surface area is 95.1 Å². The van der Waals surface area contributed by atoms with Crippen molar-refractivity contribution < 1.29 is 0 Å². The number of rotatable bonds is 4. The fourth-order valence-electron chi connectivity index (χ4n) is 1.70. The molecular formula is C12H16N4. The summed E-state index contributed by atoms with van der Waals surface area (Å²) in [5, 5.41) is 0. The van der Waals surface area contributed by atoms with Crippen LogP contribution in [0.5, 0.6) is 0 Å². The number of aryl methyl sites for hydroxylation is 1. The van der Waals surface area contributed by atoms with Gasteiger partial charge in [-0.2, -0.15) is 0 Å². The van der Waals surface area contributed by atoms with Crippen LogP contribution in [0.2, 0.25) is 0 Å². The van der Waals surface area contributed by atoms with Crippen LogP contribution in [-0.2, 0) is 13.0 Å². The van der Waals surface area contributed by atoms with Gasteiger partial charge in [0.05, 0.1) is 12.2 Å². The molecule has 2 N–H and O–H groups in total. The van der Waals surface area contributed by atoms with Gasteiger partial charge >= 0.3 is 0 Å². The molecule has 0 aliphatic heterocycles. The zero-order chi connectivity index (χ0) is 11.4. The maximum absolute atomic E-state index is 5.54. The van der Waals surface area contributed by atoms with Gasteiger partial charge in [-0.3, -0.25) is 4.98 Å². The minimum Gasteiger partial charge on any atom is -0.330 e. The Bertz CT molecular complexity index is 462. The highest BCUT2D eigenvalue weighted by Gasteiger charge is 2.03. The molecule has 0 atom stereocenters. The standard InChI is InChI=1S/C12H16N4/c1-10-3-2-4-11(15-10)9-16-8-7-14-12(16)5-6-13/h2-4,7-8H,5-6,9,13H2,1H3. The molecule has 4 nitrogen and oxygen atoms in total. The topological polar surface area (TPSA) is 56.7 Å². The fourth-order valence-corrected chi connectivity index (χ4v) is 1.70. The molecule has 0 aromatic carbocycles. The van der Waals surface area contributed by atoms with E-state index in [4.69, 9.17) is 5.73 Å². The molecule has 0 bridgehead atoms. The quantitative estimate of drug-likeness (QED) is 0.833. The Morgan fingerprint density at radius 3 is 3.00 bits per heavy atom. The first-order valence-corrected chi connectivity index (χ1v) is 5.42. The first kappa shape index (κ1) is 10.8. The minimum absolute atomic E-state index is 0.623. The van der Waals surface area contributed by atoms with Crippen molar-refractivity contribution in [3.63, 3.8) is 0 Å². The predicted octanol–water partition coefficient (Wildman–Crippen LogP) is 1.14. The number of aromatic nitrogens is 3. The number of nitrogens with zero attached hydrogens (tertiary/aromatic N) is 3. The fraction of sp³-hybridized carbons (Fsp3) is 0.333. The van der Waals surface area contributed by atoms with E-state index in [9.17, 15) is 0 Å². The second kappa shape index (κ2) is 4.90. The Kier molecular flexibility index (Phi) is 3.31. The lowest BCUT2D eigenvalue weighted by molar-refractivity contribution is 0.701. The molecule has 2 rings (SSSR count). The highest BCUT2D eigenvalue weighted by atomic mass is 15.1. The molecule has 0 amide bonds. The first-order chi connectivity index (χ1) is 7.79. The molecule has 0 aliphatic carbocycles. The summed E-state index contributed by atoms with van der Waals surface area (Å²) in [7, 11) is 0. The Morgan fingerprint density at radius 1 is 1.38 bits per heavy atom. The van der Waals surface area contributed by atoms with Crippen LogP contribution in [0.25, 0.3) is 0 Å². The molecule has 0 saturated heterocycles. The molecule has 0 radical (unpaired) electrons. The van der Waals surface area contributed by atoms with Crippen LogP contribution < -0.4 is 5.73 Å². The van der Waals surface area contributed by atoms with E-state index in [1.165, 1.54) is 0 Å². The number of hydrogen-bond acceptors (Lipinski definition) is 3. The Hall–Kier alpha value is -1.68. The summed E-state index contributed by atoms with van der Waals surface area (Å²) in [4.78, 5) is 8.75. The third-order valence-corrected chi connectivity index (χ3v) is 2.45. The van der Waals surface area contributed by atoms with Crippen LogP contribution in [0.15, 0.2) is 30.6 Å². The highest BCUT2D eigenvalue weighted by Crippen LogP contribution is 2.04. The number of imidazole rings is 1. The van der Waals surface area contributed by atoms with Crippen LogP contribution in [0.3, 0.4) is 0 Å².